The maximum absolute atomic E-state index is 12.6. The lowest BCUT2D eigenvalue weighted by Crippen LogP contribution is -2.31. The summed E-state index contributed by atoms with van der Waals surface area (Å²) in [6.45, 7) is 2.23. The summed E-state index contributed by atoms with van der Waals surface area (Å²) in [5, 5.41) is 8.68. The second-order valence-corrected chi connectivity index (χ2v) is 9.81. The third kappa shape index (κ3) is 8.06. The number of carbonyl (C=O) groups is 1. The van der Waals surface area contributed by atoms with E-state index in [1.54, 1.807) is 0 Å². The first kappa shape index (κ1) is 22.6. The normalized spacial score (nSPS) is 28.2. The first-order valence-electron chi connectivity index (χ1n) is 11.0. The van der Waals surface area contributed by atoms with Crippen molar-refractivity contribution < 1.29 is 18.8 Å². The van der Waals surface area contributed by atoms with Crippen LogP contribution in [0.4, 0.5) is 0 Å². The summed E-state index contributed by atoms with van der Waals surface area (Å²) in [5.74, 6) is 1.85. The van der Waals surface area contributed by atoms with Gasteiger partial charge in [-0.25, -0.2) is 0 Å². The summed E-state index contributed by atoms with van der Waals surface area (Å²) in [4.78, 5) is 10.5. The Morgan fingerprint density at radius 1 is 1.04 bits per heavy atom. The molecule has 156 valence electrons. The van der Waals surface area contributed by atoms with Crippen LogP contribution >= 0.6 is 0 Å². The van der Waals surface area contributed by atoms with E-state index in [9.17, 15) is 9.00 Å². The second-order valence-electron chi connectivity index (χ2n) is 8.19. The van der Waals surface area contributed by atoms with Crippen molar-refractivity contribution >= 4 is 16.8 Å². The van der Waals surface area contributed by atoms with Crippen molar-refractivity contribution in [2.45, 2.75) is 96.2 Å². The van der Waals surface area contributed by atoms with Crippen LogP contribution in [0.1, 0.15) is 84.0 Å². The summed E-state index contributed by atoms with van der Waals surface area (Å²) < 4.78 is 18.7. The number of rotatable bonds is 15. The molecule has 2 rings (SSSR count). The number of ether oxygens (including phenoxy) is 1. The van der Waals surface area contributed by atoms with E-state index in [1.807, 2.05) is 0 Å². The molecule has 0 aromatic heterocycles. The van der Waals surface area contributed by atoms with Gasteiger partial charge in [-0.15, -0.1) is 0 Å². The van der Waals surface area contributed by atoms with Gasteiger partial charge in [-0.1, -0.05) is 51.2 Å². The molecule has 0 aromatic rings. The van der Waals surface area contributed by atoms with Gasteiger partial charge in [0.2, 0.25) is 0 Å². The number of carboxylic acids is 1. The molecule has 1 N–H and O–H groups in total. The van der Waals surface area contributed by atoms with Crippen molar-refractivity contribution in [3.8, 4) is 0 Å². The largest absolute Gasteiger partial charge is 0.481 e. The quantitative estimate of drug-likeness (QED) is 0.308. The third-order valence-corrected chi connectivity index (χ3v) is 7.53. The molecule has 1 unspecified atom stereocenters. The molecule has 2 aliphatic rings. The third-order valence-electron chi connectivity index (χ3n) is 6.03. The SMILES string of the molecule is CCCCCCCCS(=O)C[C@H]1[C@@H](CC=CCCCC(=O)O)[C@H]2CC[C@@H]1O2. The van der Waals surface area contributed by atoms with Gasteiger partial charge in [0.05, 0.1) is 12.2 Å². The van der Waals surface area contributed by atoms with Gasteiger partial charge in [-0.3, -0.25) is 9.00 Å². The molecule has 5 atom stereocenters. The van der Waals surface area contributed by atoms with Crippen LogP contribution < -0.4 is 0 Å². The molecule has 2 bridgehead atoms. The predicted octanol–water partition coefficient (Wildman–Crippen LogP) is 5.09. The molecule has 0 aromatic carbocycles. The number of aliphatic carboxylic acids is 1. The average molecular weight is 399 g/mol. The Bertz CT molecular complexity index is 491. The monoisotopic (exact) mass is 398 g/mol. The van der Waals surface area contributed by atoms with Crippen LogP contribution in [0.3, 0.4) is 0 Å². The standard InChI is InChI=1S/C22H38O4S/c1-2-3-4-5-8-11-16-27(25)17-19-18(20-14-15-21(19)26-20)12-9-6-7-10-13-22(23)24/h6,9,18-21H,2-5,7-8,10-17H2,1H3,(H,23,24)/t18-,19+,20-,21+,27?/m1/s1. The number of hydrogen-bond donors (Lipinski definition) is 1. The highest BCUT2D eigenvalue weighted by Gasteiger charge is 2.48. The molecule has 2 heterocycles. The zero-order valence-corrected chi connectivity index (χ0v) is 17.8. The molecular weight excluding hydrogens is 360 g/mol. The fourth-order valence-electron chi connectivity index (χ4n) is 4.51. The maximum atomic E-state index is 12.6. The minimum Gasteiger partial charge on any atom is -0.481 e. The molecule has 2 aliphatic heterocycles. The van der Waals surface area contributed by atoms with Crippen molar-refractivity contribution in [2.75, 3.05) is 11.5 Å². The van der Waals surface area contributed by atoms with Crippen molar-refractivity contribution in [3.63, 3.8) is 0 Å². The summed E-state index contributed by atoms with van der Waals surface area (Å²) in [6.07, 6.45) is 17.4. The van der Waals surface area contributed by atoms with E-state index >= 15 is 0 Å². The van der Waals surface area contributed by atoms with Gasteiger partial charge in [-0.2, -0.15) is 0 Å². The zero-order chi connectivity index (χ0) is 19.5. The lowest BCUT2D eigenvalue weighted by atomic mass is 9.78. The van der Waals surface area contributed by atoms with Gasteiger partial charge in [-0.05, 0) is 44.4 Å². The summed E-state index contributed by atoms with van der Waals surface area (Å²) >= 11 is 0. The summed E-state index contributed by atoms with van der Waals surface area (Å²) in [7, 11) is -0.725. The van der Waals surface area contributed by atoms with E-state index in [0.717, 1.165) is 43.6 Å². The van der Waals surface area contributed by atoms with E-state index in [-0.39, 0.29) is 6.42 Å². The minimum absolute atomic E-state index is 0.238. The molecule has 0 saturated carbocycles. The van der Waals surface area contributed by atoms with Crippen LogP contribution in [0.5, 0.6) is 0 Å². The highest BCUT2D eigenvalue weighted by atomic mass is 32.2. The van der Waals surface area contributed by atoms with Crippen LogP contribution in [-0.4, -0.2) is 39.0 Å². The van der Waals surface area contributed by atoms with Gasteiger partial charge in [0.25, 0.3) is 0 Å². The molecule has 2 saturated heterocycles. The van der Waals surface area contributed by atoms with Gasteiger partial charge in [0, 0.05) is 34.6 Å². The smallest absolute Gasteiger partial charge is 0.303 e. The van der Waals surface area contributed by atoms with Crippen LogP contribution in [0.2, 0.25) is 0 Å². The topological polar surface area (TPSA) is 63.6 Å². The minimum atomic E-state index is -0.725. The van der Waals surface area contributed by atoms with E-state index in [4.69, 9.17) is 9.84 Å². The molecule has 4 nitrogen and oxygen atoms in total. The predicted molar refractivity (Wildman–Crippen MR) is 111 cm³/mol. The molecular formula is C22H38O4S. The van der Waals surface area contributed by atoms with Gasteiger partial charge in [0.15, 0.2) is 0 Å². The first-order valence-corrected chi connectivity index (χ1v) is 12.5. The van der Waals surface area contributed by atoms with Crippen molar-refractivity contribution in [1.29, 1.82) is 0 Å². The Morgan fingerprint density at radius 2 is 1.74 bits per heavy atom. The number of hydrogen-bond acceptors (Lipinski definition) is 3. The van der Waals surface area contributed by atoms with Crippen molar-refractivity contribution in [1.82, 2.24) is 0 Å². The number of unbranched alkanes of at least 4 members (excludes halogenated alkanes) is 6. The number of carboxylic acid groups (broad SMARTS) is 1. The molecule has 2 fully saturated rings. The fraction of sp³-hybridized carbons (Fsp3) is 0.864. The molecule has 0 amide bonds. The zero-order valence-electron chi connectivity index (χ0n) is 16.9. The lowest BCUT2D eigenvalue weighted by molar-refractivity contribution is -0.137. The van der Waals surface area contributed by atoms with Gasteiger partial charge >= 0.3 is 5.97 Å². The molecule has 0 spiro atoms. The van der Waals surface area contributed by atoms with E-state index in [1.165, 1.54) is 32.1 Å². The highest BCUT2D eigenvalue weighted by Crippen LogP contribution is 2.45. The fourth-order valence-corrected chi connectivity index (χ4v) is 6.10. The molecule has 27 heavy (non-hydrogen) atoms. The van der Waals surface area contributed by atoms with Crippen LogP contribution in [0.15, 0.2) is 12.2 Å². The van der Waals surface area contributed by atoms with E-state index in [0.29, 0.717) is 30.5 Å². The van der Waals surface area contributed by atoms with Crippen LogP contribution in [0, 0.1) is 11.8 Å². The lowest BCUT2D eigenvalue weighted by Gasteiger charge is -2.26. The molecule has 0 aliphatic carbocycles. The highest BCUT2D eigenvalue weighted by molar-refractivity contribution is 7.84. The Balaban J connectivity index is 1.68. The molecule has 5 heteroatoms. The van der Waals surface area contributed by atoms with Gasteiger partial charge in [0.1, 0.15) is 0 Å². The maximum Gasteiger partial charge on any atom is 0.303 e. The summed E-state index contributed by atoms with van der Waals surface area (Å²) in [6, 6.07) is 0. The van der Waals surface area contributed by atoms with Crippen LogP contribution in [-0.2, 0) is 20.3 Å². The molecule has 0 radical (unpaired) electrons. The second kappa shape index (κ2) is 12.7. The van der Waals surface area contributed by atoms with Crippen LogP contribution in [0.25, 0.3) is 0 Å². The van der Waals surface area contributed by atoms with Crippen molar-refractivity contribution in [2.24, 2.45) is 11.8 Å². The Hall–Kier alpha value is -0.680. The summed E-state index contributed by atoms with van der Waals surface area (Å²) in [5.41, 5.74) is 0. The van der Waals surface area contributed by atoms with E-state index in [2.05, 4.69) is 19.1 Å². The first-order chi connectivity index (χ1) is 13.1. The van der Waals surface area contributed by atoms with Gasteiger partial charge < -0.3 is 9.84 Å². The number of fused-ring (bicyclic) bond motifs is 2. The Kier molecular flexibility index (Phi) is 10.6. The Morgan fingerprint density at radius 3 is 2.48 bits per heavy atom. The average Bonchev–Trinajstić information content (AvgIpc) is 3.23. The Labute approximate surface area is 167 Å². The number of allylic oxidation sites excluding steroid dienone is 2. The van der Waals surface area contributed by atoms with Crippen molar-refractivity contribution in [3.05, 3.63) is 12.2 Å². The van der Waals surface area contributed by atoms with E-state index < -0.39 is 16.8 Å².